The molecule has 1 aliphatic heterocycles. The lowest BCUT2D eigenvalue weighted by Crippen LogP contribution is -2.50. The molecule has 29 heavy (non-hydrogen) atoms. The molecule has 156 valence electrons. The number of hydrogen-bond acceptors (Lipinski definition) is 4. The van der Waals surface area contributed by atoms with Gasteiger partial charge in [0.05, 0.1) is 17.2 Å². The summed E-state index contributed by atoms with van der Waals surface area (Å²) in [5.41, 5.74) is 1.05. The van der Waals surface area contributed by atoms with E-state index in [0.29, 0.717) is 25.9 Å². The molecule has 1 aliphatic rings. The second-order valence-corrected chi connectivity index (χ2v) is 9.38. The third-order valence-electron chi connectivity index (χ3n) is 4.91. The number of hydrogen-bond donors (Lipinski definition) is 0. The first-order valence-electron chi connectivity index (χ1n) is 9.18. The van der Waals surface area contributed by atoms with Gasteiger partial charge in [-0.25, -0.2) is 8.42 Å². The molecule has 6 nitrogen and oxygen atoms in total. The van der Waals surface area contributed by atoms with E-state index in [-0.39, 0.29) is 33.9 Å². The van der Waals surface area contributed by atoms with Gasteiger partial charge in [0.25, 0.3) is 0 Å². The van der Waals surface area contributed by atoms with E-state index in [2.05, 4.69) is 0 Å². The Bertz CT molecular complexity index is 972. The summed E-state index contributed by atoms with van der Waals surface area (Å²) in [6.45, 7) is 1.14. The lowest BCUT2D eigenvalue weighted by Gasteiger charge is -2.34. The molecule has 1 saturated heterocycles. The van der Waals surface area contributed by atoms with Crippen molar-refractivity contribution in [2.45, 2.75) is 17.7 Å². The normalized spacial score (nSPS) is 15.3. The van der Waals surface area contributed by atoms with Gasteiger partial charge in [0.1, 0.15) is 10.6 Å². The molecule has 1 amide bonds. The van der Waals surface area contributed by atoms with Gasteiger partial charge >= 0.3 is 0 Å². The van der Waals surface area contributed by atoms with Crippen molar-refractivity contribution in [3.8, 4) is 5.75 Å². The number of carbonyl (C=O) groups excluding carboxylic acids is 1. The standard InChI is InChI=1S/C20H22Cl2N2O4S/c1-28-16-8-5-15(6-9-16)7-10-19(25)23-11-13-24(14-12-23)29(26,27)18-4-2-3-17(21)20(18)22/h2-6,8-9H,7,10-14H2,1H3. The number of sulfonamides is 1. The molecule has 1 heterocycles. The molecule has 9 heteroatoms. The quantitative estimate of drug-likeness (QED) is 0.667. The van der Waals surface area contributed by atoms with Crippen molar-refractivity contribution < 1.29 is 17.9 Å². The molecular weight excluding hydrogens is 435 g/mol. The SMILES string of the molecule is COc1ccc(CCC(=O)N2CCN(S(=O)(=O)c3cccc(Cl)c3Cl)CC2)cc1. The number of piperazine rings is 1. The van der Waals surface area contributed by atoms with E-state index >= 15 is 0 Å². The van der Waals surface area contributed by atoms with E-state index in [0.717, 1.165) is 11.3 Å². The van der Waals surface area contributed by atoms with Gasteiger partial charge in [-0.1, -0.05) is 41.4 Å². The highest BCUT2D eigenvalue weighted by Crippen LogP contribution is 2.31. The Morgan fingerprint density at radius 1 is 1.03 bits per heavy atom. The molecule has 0 unspecified atom stereocenters. The smallest absolute Gasteiger partial charge is 0.244 e. The monoisotopic (exact) mass is 456 g/mol. The third kappa shape index (κ3) is 5.04. The van der Waals surface area contributed by atoms with Crippen LogP contribution in [0.15, 0.2) is 47.4 Å². The summed E-state index contributed by atoms with van der Waals surface area (Å²) in [6.07, 6.45) is 0.999. The molecule has 2 aromatic rings. The molecule has 0 bridgehead atoms. The van der Waals surface area contributed by atoms with Crippen LogP contribution in [0.25, 0.3) is 0 Å². The molecule has 0 aliphatic carbocycles. The van der Waals surface area contributed by atoms with Crippen molar-refractivity contribution in [3.05, 3.63) is 58.1 Å². The summed E-state index contributed by atoms with van der Waals surface area (Å²) < 4.78 is 32.2. The second kappa shape index (κ2) is 9.34. The molecule has 3 rings (SSSR count). The van der Waals surface area contributed by atoms with Crippen molar-refractivity contribution in [1.29, 1.82) is 0 Å². The minimum atomic E-state index is -3.76. The number of aryl methyl sites for hydroxylation is 1. The van der Waals surface area contributed by atoms with Crippen LogP contribution in [0.5, 0.6) is 5.75 Å². The maximum absolute atomic E-state index is 12.9. The Hall–Kier alpha value is -1.80. The number of methoxy groups -OCH3 is 1. The Labute approximate surface area is 181 Å². The number of rotatable bonds is 6. The molecule has 0 N–H and O–H groups in total. The molecule has 0 atom stereocenters. The average Bonchev–Trinajstić information content (AvgIpc) is 2.74. The van der Waals surface area contributed by atoms with E-state index < -0.39 is 10.0 Å². The number of benzene rings is 2. The summed E-state index contributed by atoms with van der Waals surface area (Å²) in [6, 6.07) is 12.1. The third-order valence-corrected chi connectivity index (χ3v) is 7.78. The maximum atomic E-state index is 12.9. The van der Waals surface area contributed by atoms with Crippen LogP contribution in [0.2, 0.25) is 10.0 Å². The first-order chi connectivity index (χ1) is 13.8. The van der Waals surface area contributed by atoms with Crippen molar-refractivity contribution in [2.75, 3.05) is 33.3 Å². The van der Waals surface area contributed by atoms with Crippen molar-refractivity contribution in [3.63, 3.8) is 0 Å². The highest BCUT2D eigenvalue weighted by atomic mass is 35.5. The first-order valence-corrected chi connectivity index (χ1v) is 11.4. The Morgan fingerprint density at radius 2 is 1.69 bits per heavy atom. The van der Waals surface area contributed by atoms with Crippen LogP contribution in [0, 0.1) is 0 Å². The van der Waals surface area contributed by atoms with Crippen molar-refractivity contribution >= 4 is 39.1 Å². The molecule has 0 saturated carbocycles. The summed E-state index contributed by atoms with van der Waals surface area (Å²) in [5, 5.41) is 0.215. The van der Waals surface area contributed by atoms with E-state index in [1.807, 2.05) is 24.3 Å². The minimum Gasteiger partial charge on any atom is -0.497 e. The van der Waals surface area contributed by atoms with Crippen LogP contribution in [0.1, 0.15) is 12.0 Å². The fourth-order valence-electron chi connectivity index (χ4n) is 3.20. The number of amides is 1. The number of carbonyl (C=O) groups is 1. The highest BCUT2D eigenvalue weighted by Gasteiger charge is 2.31. The summed E-state index contributed by atoms with van der Waals surface area (Å²) in [4.78, 5) is 14.2. The van der Waals surface area contributed by atoms with Gasteiger partial charge in [0.15, 0.2) is 0 Å². The Kier molecular flexibility index (Phi) is 7.05. The zero-order valence-electron chi connectivity index (χ0n) is 16.0. The lowest BCUT2D eigenvalue weighted by molar-refractivity contribution is -0.132. The van der Waals surface area contributed by atoms with Crippen LogP contribution >= 0.6 is 23.2 Å². The van der Waals surface area contributed by atoms with Crippen LogP contribution in [-0.4, -0.2) is 56.8 Å². The molecule has 2 aromatic carbocycles. The average molecular weight is 457 g/mol. The van der Waals surface area contributed by atoms with Gasteiger partial charge in [-0.2, -0.15) is 4.31 Å². The molecule has 0 radical (unpaired) electrons. The van der Waals surface area contributed by atoms with Crippen molar-refractivity contribution in [1.82, 2.24) is 9.21 Å². The Morgan fingerprint density at radius 3 is 2.31 bits per heavy atom. The fourth-order valence-corrected chi connectivity index (χ4v) is 5.36. The highest BCUT2D eigenvalue weighted by molar-refractivity contribution is 7.89. The largest absolute Gasteiger partial charge is 0.497 e. The molecule has 1 fully saturated rings. The topological polar surface area (TPSA) is 66.9 Å². The van der Waals surface area contributed by atoms with Crippen LogP contribution in [-0.2, 0) is 21.2 Å². The van der Waals surface area contributed by atoms with Crippen LogP contribution in [0.3, 0.4) is 0 Å². The maximum Gasteiger partial charge on any atom is 0.244 e. The van der Waals surface area contributed by atoms with Gasteiger partial charge in [-0.05, 0) is 36.2 Å². The van der Waals surface area contributed by atoms with E-state index in [1.54, 1.807) is 24.1 Å². The second-order valence-electron chi connectivity index (χ2n) is 6.68. The van der Waals surface area contributed by atoms with Gasteiger partial charge in [0, 0.05) is 32.6 Å². The zero-order valence-corrected chi connectivity index (χ0v) is 18.3. The number of nitrogens with zero attached hydrogens (tertiary/aromatic N) is 2. The zero-order chi connectivity index (χ0) is 21.0. The van der Waals surface area contributed by atoms with E-state index in [9.17, 15) is 13.2 Å². The van der Waals surface area contributed by atoms with Gasteiger partial charge in [-0.15, -0.1) is 0 Å². The van der Waals surface area contributed by atoms with Crippen LogP contribution < -0.4 is 4.74 Å². The van der Waals surface area contributed by atoms with E-state index in [4.69, 9.17) is 27.9 Å². The summed E-state index contributed by atoms with van der Waals surface area (Å²) in [7, 11) is -2.15. The predicted molar refractivity (Wildman–Crippen MR) is 113 cm³/mol. The molecular formula is C20H22Cl2N2O4S. The van der Waals surface area contributed by atoms with Gasteiger partial charge in [-0.3, -0.25) is 4.79 Å². The molecule has 0 aromatic heterocycles. The summed E-state index contributed by atoms with van der Waals surface area (Å²) in [5.74, 6) is 0.788. The molecule has 0 spiro atoms. The van der Waals surface area contributed by atoms with Gasteiger partial charge < -0.3 is 9.64 Å². The number of halogens is 2. The summed E-state index contributed by atoms with van der Waals surface area (Å²) >= 11 is 12.0. The number of ether oxygens (including phenoxy) is 1. The van der Waals surface area contributed by atoms with Crippen LogP contribution in [0.4, 0.5) is 0 Å². The van der Waals surface area contributed by atoms with Gasteiger partial charge in [0.2, 0.25) is 15.9 Å². The van der Waals surface area contributed by atoms with E-state index in [1.165, 1.54) is 10.4 Å². The predicted octanol–water partition coefficient (Wildman–Crippen LogP) is 3.47. The lowest BCUT2D eigenvalue weighted by atomic mass is 10.1. The van der Waals surface area contributed by atoms with Crippen molar-refractivity contribution in [2.24, 2.45) is 0 Å². The first kappa shape index (κ1) is 21.9. The Balaban J connectivity index is 1.56. The minimum absolute atomic E-state index is 0.00838. The fraction of sp³-hybridized carbons (Fsp3) is 0.350.